The second-order valence-electron chi connectivity index (χ2n) is 9.76. The van der Waals surface area contributed by atoms with E-state index in [2.05, 4.69) is 88.7 Å². The molecule has 4 heteroatoms. The molecule has 0 spiro atoms. The van der Waals surface area contributed by atoms with E-state index < -0.39 is 4.32 Å². The Kier molecular flexibility index (Phi) is 4.30. The Morgan fingerprint density at radius 2 is 1.55 bits per heavy atom. The fraction of sp³-hybridized carbons (Fsp3) is 0.276. The zero-order chi connectivity index (χ0) is 22.3. The first-order valence-corrected chi connectivity index (χ1v) is 12.8. The Morgan fingerprint density at radius 3 is 2.30 bits per heavy atom. The third-order valence-electron chi connectivity index (χ3n) is 8.38. The summed E-state index contributed by atoms with van der Waals surface area (Å²) in [4.78, 5) is 13.4. The van der Waals surface area contributed by atoms with Crippen LogP contribution in [-0.2, 0) is 9.53 Å². The second-order valence-corrected chi connectivity index (χ2v) is 11.5. The molecule has 3 aromatic rings. The second kappa shape index (κ2) is 7.07. The topological polar surface area (TPSA) is 26.3 Å². The third kappa shape index (κ3) is 2.64. The van der Waals surface area contributed by atoms with Gasteiger partial charge in [0.1, 0.15) is 10.4 Å². The van der Waals surface area contributed by atoms with E-state index in [0.717, 1.165) is 11.4 Å². The largest absolute Gasteiger partial charge is 0.457 e. The number of allylic oxidation sites excluding steroid dienone is 1. The van der Waals surface area contributed by atoms with Crippen molar-refractivity contribution in [1.29, 1.82) is 0 Å². The first kappa shape index (κ1) is 20.1. The Balaban J connectivity index is 1.54. The van der Waals surface area contributed by atoms with Gasteiger partial charge in [0.25, 0.3) is 0 Å². The average Bonchev–Trinajstić information content (AvgIpc) is 2.85. The molecule has 7 atom stereocenters. The summed E-state index contributed by atoms with van der Waals surface area (Å²) in [5, 5.41) is 0.739. The molecule has 5 aliphatic rings. The maximum absolute atomic E-state index is 13.4. The molecular formula is C29H22BrClO2. The van der Waals surface area contributed by atoms with Crippen LogP contribution in [0.4, 0.5) is 0 Å². The van der Waals surface area contributed by atoms with Crippen molar-refractivity contribution in [3.63, 3.8) is 0 Å². The average molecular weight is 518 g/mol. The zero-order valence-electron chi connectivity index (χ0n) is 17.8. The van der Waals surface area contributed by atoms with Gasteiger partial charge in [-0.25, -0.2) is 0 Å². The van der Waals surface area contributed by atoms with E-state index in [1.807, 2.05) is 12.1 Å². The molecule has 0 N–H and O–H groups in total. The number of carbonyl (C=O) groups excluding carboxylic acids is 1. The van der Waals surface area contributed by atoms with Gasteiger partial charge in [0.2, 0.25) is 0 Å². The molecule has 0 unspecified atom stereocenters. The van der Waals surface area contributed by atoms with E-state index in [9.17, 15) is 4.79 Å². The number of fused-ring (bicyclic) bond motifs is 3. The summed E-state index contributed by atoms with van der Waals surface area (Å²) in [5.41, 5.74) is 6.51. The molecule has 4 bridgehead atoms. The van der Waals surface area contributed by atoms with Gasteiger partial charge in [0, 0.05) is 34.6 Å². The lowest BCUT2D eigenvalue weighted by Gasteiger charge is -2.62. The number of rotatable bonds is 2. The fourth-order valence-electron chi connectivity index (χ4n) is 7.14. The van der Waals surface area contributed by atoms with E-state index >= 15 is 0 Å². The summed E-state index contributed by atoms with van der Waals surface area (Å²) < 4.78 is 5.29. The number of ether oxygens (including phenoxy) is 1. The molecule has 0 aromatic heterocycles. The lowest BCUT2D eigenvalue weighted by molar-refractivity contribution is -0.166. The lowest BCUT2D eigenvalue weighted by Crippen LogP contribution is -2.64. The van der Waals surface area contributed by atoms with Crippen LogP contribution in [0.2, 0.25) is 5.02 Å². The number of alkyl halides is 1. The minimum atomic E-state index is -0.709. The fourth-order valence-corrected chi connectivity index (χ4v) is 8.35. The lowest BCUT2D eigenvalue weighted by atomic mass is 9.47. The molecule has 3 aliphatic carbocycles. The smallest absolute Gasteiger partial charge is 0.324 e. The highest BCUT2D eigenvalue weighted by molar-refractivity contribution is 9.10. The summed E-state index contributed by atoms with van der Waals surface area (Å²) in [6.45, 7) is 0. The highest BCUT2D eigenvalue weighted by Gasteiger charge is 2.69. The van der Waals surface area contributed by atoms with Gasteiger partial charge in [-0.05, 0) is 46.4 Å². The summed E-state index contributed by atoms with van der Waals surface area (Å²) in [6.07, 6.45) is 3.13. The molecular weight excluding hydrogens is 496 g/mol. The Hall–Kier alpha value is -2.36. The molecule has 1 saturated carbocycles. The van der Waals surface area contributed by atoms with Crippen molar-refractivity contribution in [2.75, 3.05) is 0 Å². The number of hydrogen-bond acceptors (Lipinski definition) is 2. The Labute approximate surface area is 206 Å². The molecule has 0 amide bonds. The molecule has 3 fully saturated rings. The van der Waals surface area contributed by atoms with Gasteiger partial charge in [-0.1, -0.05) is 100 Å². The van der Waals surface area contributed by atoms with Crippen LogP contribution in [-0.4, -0.2) is 16.4 Å². The Morgan fingerprint density at radius 1 is 0.848 bits per heavy atom. The van der Waals surface area contributed by atoms with E-state index in [4.69, 9.17) is 16.3 Å². The van der Waals surface area contributed by atoms with E-state index in [1.165, 1.54) is 27.8 Å². The molecule has 2 heterocycles. The SMILES string of the molecule is O=C1O[C@H]2C[C@@H]3c4ccccc4[C@@H]4[C@@H](c5ccc(Cl)cc5)[C@H](c5ccccc5)C=C2[C@@H]4[C@]13Br. The minimum Gasteiger partial charge on any atom is -0.457 e. The van der Waals surface area contributed by atoms with Crippen LogP contribution in [0.5, 0.6) is 0 Å². The Bertz CT molecular complexity index is 1300. The standard InChI is InChI=1S/C29H22BrClO2/c30-29-23-15-24(33-28(29)32)22-14-21(16-6-2-1-3-7-16)25(17-10-12-18(31)13-11-17)26(27(22)29)20-9-5-4-8-19(20)23/h1-14,21,23-27H,15H2/t21-,23+,24-,25-,26+,27-,29-/m0/s1. The van der Waals surface area contributed by atoms with Crippen LogP contribution in [0.25, 0.3) is 0 Å². The van der Waals surface area contributed by atoms with Crippen LogP contribution in [0, 0.1) is 5.92 Å². The number of halogens is 2. The van der Waals surface area contributed by atoms with Crippen LogP contribution in [0.1, 0.15) is 52.3 Å². The molecule has 2 saturated heterocycles. The van der Waals surface area contributed by atoms with Crippen LogP contribution in [0.3, 0.4) is 0 Å². The molecule has 0 radical (unpaired) electrons. The molecule has 2 nitrogen and oxygen atoms in total. The zero-order valence-corrected chi connectivity index (χ0v) is 20.2. The van der Waals surface area contributed by atoms with E-state index in [0.29, 0.717) is 0 Å². The molecule has 8 rings (SSSR count). The summed E-state index contributed by atoms with van der Waals surface area (Å²) in [7, 11) is 0. The highest BCUT2D eigenvalue weighted by atomic mass is 79.9. The van der Waals surface area contributed by atoms with Crippen molar-refractivity contribution in [1.82, 2.24) is 0 Å². The van der Waals surface area contributed by atoms with Gasteiger partial charge in [0.05, 0.1) is 0 Å². The predicted molar refractivity (Wildman–Crippen MR) is 133 cm³/mol. The summed E-state index contributed by atoms with van der Waals surface area (Å²) >= 11 is 10.3. The van der Waals surface area contributed by atoms with Crippen molar-refractivity contribution in [3.05, 3.63) is 118 Å². The maximum Gasteiger partial charge on any atom is 0.324 e. The van der Waals surface area contributed by atoms with Gasteiger partial charge in [0.15, 0.2) is 0 Å². The van der Waals surface area contributed by atoms with Gasteiger partial charge in [-0.15, -0.1) is 0 Å². The molecule has 3 aromatic carbocycles. The van der Waals surface area contributed by atoms with Crippen molar-refractivity contribution in [2.45, 2.75) is 40.5 Å². The number of esters is 1. The number of hydrogen-bond donors (Lipinski definition) is 0. The van der Waals surface area contributed by atoms with Crippen molar-refractivity contribution in [2.24, 2.45) is 5.92 Å². The highest BCUT2D eigenvalue weighted by Crippen LogP contribution is 2.70. The number of carbonyl (C=O) groups is 1. The van der Waals surface area contributed by atoms with Crippen molar-refractivity contribution < 1.29 is 9.53 Å². The number of benzene rings is 3. The monoisotopic (exact) mass is 516 g/mol. The van der Waals surface area contributed by atoms with E-state index in [1.54, 1.807) is 0 Å². The van der Waals surface area contributed by atoms with Gasteiger partial charge in [-0.2, -0.15) is 0 Å². The van der Waals surface area contributed by atoms with Gasteiger partial charge >= 0.3 is 5.97 Å². The predicted octanol–water partition coefficient (Wildman–Crippen LogP) is 7.11. The van der Waals surface area contributed by atoms with Crippen LogP contribution >= 0.6 is 27.5 Å². The maximum atomic E-state index is 13.4. The van der Waals surface area contributed by atoms with Crippen molar-refractivity contribution >= 4 is 33.5 Å². The first-order valence-electron chi connectivity index (χ1n) is 11.6. The first-order chi connectivity index (χ1) is 16.1. The van der Waals surface area contributed by atoms with Crippen molar-refractivity contribution in [3.8, 4) is 0 Å². The third-order valence-corrected chi connectivity index (χ3v) is 10.00. The normalized spacial score (nSPS) is 35.5. The van der Waals surface area contributed by atoms with E-state index in [-0.39, 0.29) is 41.7 Å². The molecule has 2 aliphatic heterocycles. The summed E-state index contributed by atoms with van der Waals surface area (Å²) in [6, 6.07) is 27.8. The van der Waals surface area contributed by atoms with Gasteiger partial charge in [-0.3, -0.25) is 4.79 Å². The quantitative estimate of drug-likeness (QED) is 0.206. The van der Waals surface area contributed by atoms with Crippen LogP contribution < -0.4 is 0 Å². The van der Waals surface area contributed by atoms with Crippen LogP contribution in [0.15, 0.2) is 90.5 Å². The molecule has 164 valence electrons. The molecule has 33 heavy (non-hydrogen) atoms. The van der Waals surface area contributed by atoms with Gasteiger partial charge < -0.3 is 4.74 Å². The minimum absolute atomic E-state index is 0.0815. The summed E-state index contributed by atoms with van der Waals surface area (Å²) in [5.74, 6) is 0.650.